The maximum atomic E-state index is 11.9. The van der Waals surface area contributed by atoms with Crippen LogP contribution in [0.4, 0.5) is 0 Å². The van der Waals surface area contributed by atoms with Crippen LogP contribution in [0.1, 0.15) is 12.0 Å². The van der Waals surface area contributed by atoms with Gasteiger partial charge in [-0.3, -0.25) is 4.79 Å². The first kappa shape index (κ1) is 18.5. The molecule has 3 atom stereocenters. The summed E-state index contributed by atoms with van der Waals surface area (Å²) in [4.78, 5) is 11.0. The topological polar surface area (TPSA) is 70.6 Å². The van der Waals surface area contributed by atoms with Gasteiger partial charge in [-0.15, -0.1) is 0 Å². The lowest BCUT2D eigenvalue weighted by molar-refractivity contribution is -0.140. The molecule has 2 rings (SSSR count). The van der Waals surface area contributed by atoms with Gasteiger partial charge in [-0.25, -0.2) is 0 Å². The number of carbonyl (C=O) groups is 1. The molecule has 5 nitrogen and oxygen atoms in total. The molecule has 1 saturated heterocycles. The average molecular weight is 360 g/mol. The van der Waals surface area contributed by atoms with Gasteiger partial charge in [-0.1, -0.05) is 34.9 Å². The van der Waals surface area contributed by atoms with E-state index in [1.165, 1.54) is 12.7 Å². The Morgan fingerprint density at radius 1 is 1.48 bits per heavy atom. The van der Waals surface area contributed by atoms with E-state index in [1.54, 1.807) is 0 Å². The molecular weight excluding hydrogens is 338 g/mol. The van der Waals surface area contributed by atoms with Gasteiger partial charge >= 0.3 is 5.97 Å². The summed E-state index contributed by atoms with van der Waals surface area (Å²) in [6.07, 6.45) is 0.979. The molecule has 0 aromatic heterocycles. The van der Waals surface area contributed by atoms with Crippen molar-refractivity contribution in [3.05, 3.63) is 34.9 Å². The Balaban J connectivity index is 1.67. The zero-order chi connectivity index (χ0) is 16.7. The van der Waals surface area contributed by atoms with Crippen molar-refractivity contribution in [3.63, 3.8) is 0 Å². The summed E-state index contributed by atoms with van der Waals surface area (Å²) in [5.41, 5.74) is 1.20. The summed E-state index contributed by atoms with van der Waals surface area (Å²) in [6, 6.07) is 8.04. The van der Waals surface area contributed by atoms with E-state index in [9.17, 15) is 9.35 Å². The number of methoxy groups -OCH3 is 1. The average Bonchev–Trinajstić information content (AvgIpc) is 2.56. The number of ether oxygens (including phenoxy) is 2. The van der Waals surface area contributed by atoms with Gasteiger partial charge in [0.25, 0.3) is 0 Å². The van der Waals surface area contributed by atoms with Crippen LogP contribution >= 0.6 is 11.6 Å². The molecule has 3 unspecified atom stereocenters. The number of esters is 1. The van der Waals surface area contributed by atoms with Crippen LogP contribution < -0.4 is 5.32 Å². The van der Waals surface area contributed by atoms with Crippen molar-refractivity contribution in [2.45, 2.75) is 25.0 Å². The van der Waals surface area contributed by atoms with E-state index in [0.29, 0.717) is 24.7 Å². The normalized spacial score (nSPS) is 22.6. The Morgan fingerprint density at radius 2 is 2.22 bits per heavy atom. The quantitative estimate of drug-likeness (QED) is 0.591. The molecule has 0 saturated carbocycles. The Kier molecular flexibility index (Phi) is 7.65. The molecule has 1 aromatic carbocycles. The number of hydrogen-bond donors (Lipinski definition) is 1. The lowest BCUT2D eigenvalue weighted by Gasteiger charge is -2.30. The summed E-state index contributed by atoms with van der Waals surface area (Å²) in [5.74, 6) is 0.433. The van der Waals surface area contributed by atoms with Crippen LogP contribution in [0.3, 0.4) is 0 Å². The van der Waals surface area contributed by atoms with Crippen LogP contribution in [0.2, 0.25) is 5.02 Å². The molecule has 0 aliphatic carbocycles. The highest BCUT2D eigenvalue weighted by Crippen LogP contribution is 2.13. The predicted octanol–water partition coefficient (Wildman–Crippen LogP) is 1.55. The summed E-state index contributed by atoms with van der Waals surface area (Å²) < 4.78 is 22.3. The molecule has 1 aromatic rings. The number of halogens is 1. The second kappa shape index (κ2) is 9.49. The molecule has 7 heteroatoms. The Morgan fingerprint density at radius 3 is 2.83 bits per heavy atom. The minimum Gasteiger partial charge on any atom is -0.616 e. The van der Waals surface area contributed by atoms with Crippen LogP contribution in [0.25, 0.3) is 0 Å². The second-order valence-electron chi connectivity index (χ2n) is 5.53. The molecule has 1 aliphatic heterocycles. The first-order chi connectivity index (χ1) is 11.1. The van der Waals surface area contributed by atoms with E-state index >= 15 is 0 Å². The number of carbonyl (C=O) groups excluding carboxylic acids is 1. The number of morpholine rings is 1. The molecule has 1 N–H and O–H groups in total. The van der Waals surface area contributed by atoms with E-state index in [4.69, 9.17) is 16.3 Å². The standard InChI is InChI=1S/C16H22ClNO4S/c1-21-16(19)6-7-23(20)11-15-9-18-14(10-22-15)8-12-2-4-13(17)5-3-12/h2-5,14-15,18H,6-11H2,1H3. The van der Waals surface area contributed by atoms with Crippen LogP contribution in [0, 0.1) is 0 Å². The van der Waals surface area contributed by atoms with Crippen molar-refractivity contribution in [2.75, 3.05) is 31.8 Å². The highest BCUT2D eigenvalue weighted by Gasteiger charge is 2.25. The summed E-state index contributed by atoms with van der Waals surface area (Å²) in [5, 5.41) is 4.16. The van der Waals surface area contributed by atoms with E-state index in [1.807, 2.05) is 24.3 Å². The zero-order valence-electron chi connectivity index (χ0n) is 13.1. The number of benzene rings is 1. The highest BCUT2D eigenvalue weighted by atomic mass is 35.5. The van der Waals surface area contributed by atoms with E-state index in [0.717, 1.165) is 11.4 Å². The number of hydrogen-bond acceptors (Lipinski definition) is 5. The Bertz CT molecular complexity index is 491. The molecule has 0 spiro atoms. The molecule has 1 fully saturated rings. The van der Waals surface area contributed by atoms with Gasteiger partial charge in [0.15, 0.2) is 0 Å². The lowest BCUT2D eigenvalue weighted by Crippen LogP contribution is -2.49. The van der Waals surface area contributed by atoms with Gasteiger partial charge in [-0.2, -0.15) is 0 Å². The van der Waals surface area contributed by atoms with Crippen LogP contribution in [-0.2, 0) is 31.9 Å². The monoisotopic (exact) mass is 359 g/mol. The van der Waals surface area contributed by atoms with Crippen molar-refractivity contribution >= 4 is 28.7 Å². The minimum atomic E-state index is -1.07. The second-order valence-corrected chi connectivity index (χ2v) is 7.59. The first-order valence-corrected chi connectivity index (χ1v) is 9.44. The minimum absolute atomic E-state index is 0.0741. The van der Waals surface area contributed by atoms with Crippen molar-refractivity contribution in [2.24, 2.45) is 0 Å². The van der Waals surface area contributed by atoms with E-state index in [2.05, 4.69) is 10.1 Å². The smallest absolute Gasteiger partial charge is 0.310 e. The Hall–Kier alpha value is -0.790. The van der Waals surface area contributed by atoms with Crippen LogP contribution in [0.15, 0.2) is 24.3 Å². The first-order valence-electron chi connectivity index (χ1n) is 7.58. The molecule has 0 radical (unpaired) electrons. The third-order valence-electron chi connectivity index (χ3n) is 3.70. The van der Waals surface area contributed by atoms with Gasteiger partial charge in [0.1, 0.15) is 17.6 Å². The van der Waals surface area contributed by atoms with Gasteiger partial charge in [0, 0.05) is 17.6 Å². The molecule has 23 heavy (non-hydrogen) atoms. The summed E-state index contributed by atoms with van der Waals surface area (Å²) in [7, 11) is 1.33. The molecule has 1 aliphatic rings. The largest absolute Gasteiger partial charge is 0.616 e. The van der Waals surface area contributed by atoms with Crippen molar-refractivity contribution in [3.8, 4) is 0 Å². The van der Waals surface area contributed by atoms with E-state index < -0.39 is 11.2 Å². The number of rotatable bonds is 7. The maximum absolute atomic E-state index is 11.9. The fraction of sp³-hybridized carbons (Fsp3) is 0.562. The maximum Gasteiger partial charge on any atom is 0.310 e. The van der Waals surface area contributed by atoms with Gasteiger partial charge in [0.05, 0.1) is 20.1 Å². The van der Waals surface area contributed by atoms with Gasteiger partial charge in [-0.05, 0) is 24.1 Å². The fourth-order valence-corrected chi connectivity index (χ4v) is 3.72. The summed E-state index contributed by atoms with van der Waals surface area (Å²) in [6.45, 7) is 1.25. The molecule has 128 valence electrons. The predicted molar refractivity (Wildman–Crippen MR) is 91.2 cm³/mol. The molecule has 0 bridgehead atoms. The van der Waals surface area contributed by atoms with Crippen LogP contribution in [0.5, 0.6) is 0 Å². The van der Waals surface area contributed by atoms with E-state index in [-0.39, 0.29) is 24.5 Å². The third kappa shape index (κ3) is 6.69. The highest BCUT2D eigenvalue weighted by molar-refractivity contribution is 7.91. The molecular formula is C16H22ClNO4S. The molecule has 0 amide bonds. The zero-order valence-corrected chi connectivity index (χ0v) is 14.7. The number of nitrogens with one attached hydrogen (secondary N) is 1. The molecule has 1 heterocycles. The van der Waals surface area contributed by atoms with Gasteiger partial charge < -0.3 is 19.3 Å². The van der Waals surface area contributed by atoms with Crippen molar-refractivity contribution in [1.29, 1.82) is 0 Å². The van der Waals surface area contributed by atoms with Gasteiger partial charge in [0.2, 0.25) is 0 Å². The van der Waals surface area contributed by atoms with Crippen LogP contribution in [-0.4, -0.2) is 54.4 Å². The van der Waals surface area contributed by atoms with Crippen molar-refractivity contribution < 1.29 is 18.8 Å². The van der Waals surface area contributed by atoms with Crippen molar-refractivity contribution in [1.82, 2.24) is 5.32 Å². The fourth-order valence-electron chi connectivity index (χ4n) is 2.40. The SMILES string of the molecule is COC(=O)CC[S+]([O-])CC1CNC(Cc2ccc(Cl)cc2)CO1. The third-order valence-corrected chi connectivity index (χ3v) is 5.35. The summed E-state index contributed by atoms with van der Waals surface area (Å²) >= 11 is 4.81. The Labute approximate surface area is 144 Å². The lowest BCUT2D eigenvalue weighted by atomic mass is 10.1.